The minimum Gasteiger partial charge on any atom is -0.369 e. The molecule has 26 heavy (non-hydrogen) atoms. The van der Waals surface area contributed by atoms with Gasteiger partial charge in [-0.2, -0.15) is 0 Å². The van der Waals surface area contributed by atoms with Crippen LogP contribution in [-0.4, -0.2) is 44.0 Å². The molecular weight excluding hydrogens is 369 g/mol. The zero-order chi connectivity index (χ0) is 18.5. The fourth-order valence-electron chi connectivity index (χ4n) is 3.85. The van der Waals surface area contributed by atoms with E-state index in [1.165, 1.54) is 0 Å². The van der Waals surface area contributed by atoms with E-state index in [1.807, 2.05) is 31.2 Å². The van der Waals surface area contributed by atoms with Crippen molar-refractivity contribution in [1.29, 1.82) is 0 Å². The number of nitrogens with zero attached hydrogens (tertiary/aromatic N) is 2. The Hall–Kier alpha value is -1.75. The standard InChI is InChI=1S/C20H21Cl2N3O/c1-20(16-11-13(21)3-6-18(16)23-19(20)26)15-5-4-14(12-17(15)22)25-9-7-24(2)8-10-25/h3-6,11-12H,7-10H2,1-2H3,(H,23,26). The molecule has 1 N–H and O–H groups in total. The van der Waals surface area contributed by atoms with Gasteiger partial charge in [-0.25, -0.2) is 0 Å². The summed E-state index contributed by atoms with van der Waals surface area (Å²) in [7, 11) is 2.13. The molecule has 1 saturated heterocycles. The van der Waals surface area contributed by atoms with Crippen molar-refractivity contribution in [3.63, 3.8) is 0 Å². The normalized spacial score (nSPS) is 23.1. The van der Waals surface area contributed by atoms with Crippen molar-refractivity contribution in [2.75, 3.05) is 43.4 Å². The zero-order valence-electron chi connectivity index (χ0n) is 14.9. The van der Waals surface area contributed by atoms with E-state index in [2.05, 4.69) is 28.2 Å². The fourth-order valence-corrected chi connectivity index (χ4v) is 4.38. The molecule has 2 aromatic carbocycles. The number of likely N-dealkylation sites (N-methyl/N-ethyl adjacent to an activating group) is 1. The molecule has 1 atom stereocenters. The zero-order valence-corrected chi connectivity index (χ0v) is 16.4. The van der Waals surface area contributed by atoms with Gasteiger partial charge >= 0.3 is 0 Å². The molecule has 1 amide bonds. The molecule has 2 aliphatic rings. The van der Waals surface area contributed by atoms with Crippen LogP contribution >= 0.6 is 23.2 Å². The minimum absolute atomic E-state index is 0.0796. The Labute approximate surface area is 163 Å². The highest BCUT2D eigenvalue weighted by molar-refractivity contribution is 6.33. The lowest BCUT2D eigenvalue weighted by molar-refractivity contribution is -0.119. The second kappa shape index (κ2) is 6.45. The number of carbonyl (C=O) groups is 1. The van der Waals surface area contributed by atoms with E-state index in [-0.39, 0.29) is 5.91 Å². The van der Waals surface area contributed by atoms with Gasteiger partial charge in [-0.1, -0.05) is 29.3 Å². The first-order chi connectivity index (χ1) is 12.4. The number of anilines is 2. The summed E-state index contributed by atoms with van der Waals surface area (Å²) in [6, 6.07) is 11.5. The van der Waals surface area contributed by atoms with Crippen LogP contribution in [0.15, 0.2) is 36.4 Å². The molecule has 2 heterocycles. The van der Waals surface area contributed by atoms with E-state index in [9.17, 15) is 4.79 Å². The van der Waals surface area contributed by atoms with Crippen molar-refractivity contribution in [1.82, 2.24) is 4.90 Å². The predicted molar refractivity (Wildman–Crippen MR) is 108 cm³/mol. The van der Waals surface area contributed by atoms with Crippen molar-refractivity contribution in [2.24, 2.45) is 0 Å². The number of nitrogens with one attached hydrogen (secondary N) is 1. The van der Waals surface area contributed by atoms with Gasteiger partial charge < -0.3 is 15.1 Å². The van der Waals surface area contributed by atoms with Crippen LogP contribution in [0.4, 0.5) is 11.4 Å². The maximum atomic E-state index is 12.8. The Morgan fingerprint density at radius 3 is 2.42 bits per heavy atom. The van der Waals surface area contributed by atoms with E-state index in [4.69, 9.17) is 23.2 Å². The molecule has 0 spiro atoms. The lowest BCUT2D eigenvalue weighted by Gasteiger charge is -2.34. The van der Waals surface area contributed by atoms with Crippen LogP contribution < -0.4 is 10.2 Å². The van der Waals surface area contributed by atoms with Gasteiger partial charge in [0.2, 0.25) is 5.91 Å². The molecule has 0 bridgehead atoms. The summed E-state index contributed by atoms with van der Waals surface area (Å²) in [6.07, 6.45) is 0. The molecule has 2 aliphatic heterocycles. The summed E-state index contributed by atoms with van der Waals surface area (Å²) in [5.74, 6) is -0.0796. The van der Waals surface area contributed by atoms with Crippen LogP contribution in [0.5, 0.6) is 0 Å². The van der Waals surface area contributed by atoms with E-state index in [0.717, 1.165) is 48.7 Å². The summed E-state index contributed by atoms with van der Waals surface area (Å²) < 4.78 is 0. The number of carbonyl (C=O) groups excluding carboxylic acids is 1. The van der Waals surface area contributed by atoms with Crippen molar-refractivity contribution in [3.05, 3.63) is 57.6 Å². The van der Waals surface area contributed by atoms with E-state index in [1.54, 1.807) is 6.07 Å². The number of amides is 1. The molecule has 0 aliphatic carbocycles. The first-order valence-electron chi connectivity index (χ1n) is 8.74. The highest BCUT2D eigenvalue weighted by atomic mass is 35.5. The Kier molecular flexibility index (Phi) is 4.38. The Balaban J connectivity index is 1.72. The number of hydrogen-bond acceptors (Lipinski definition) is 3. The van der Waals surface area contributed by atoms with Crippen LogP contribution in [0, 0.1) is 0 Å². The molecule has 136 valence electrons. The van der Waals surface area contributed by atoms with Gasteiger partial charge in [0, 0.05) is 47.6 Å². The molecule has 0 aromatic heterocycles. The largest absolute Gasteiger partial charge is 0.369 e. The smallest absolute Gasteiger partial charge is 0.239 e. The van der Waals surface area contributed by atoms with E-state index in [0.29, 0.717) is 10.0 Å². The summed E-state index contributed by atoms with van der Waals surface area (Å²) in [4.78, 5) is 17.5. The number of rotatable bonds is 2. The van der Waals surface area contributed by atoms with Crippen molar-refractivity contribution < 1.29 is 4.79 Å². The number of piperazine rings is 1. The summed E-state index contributed by atoms with van der Waals surface area (Å²) >= 11 is 12.8. The summed E-state index contributed by atoms with van der Waals surface area (Å²) in [5.41, 5.74) is 2.71. The minimum atomic E-state index is -0.849. The maximum Gasteiger partial charge on any atom is 0.239 e. The molecule has 4 nitrogen and oxygen atoms in total. The van der Waals surface area contributed by atoms with Crippen molar-refractivity contribution in [2.45, 2.75) is 12.3 Å². The predicted octanol–water partition coefficient (Wildman–Crippen LogP) is 4.00. The number of benzene rings is 2. The van der Waals surface area contributed by atoms with Crippen LogP contribution in [0.25, 0.3) is 0 Å². The summed E-state index contributed by atoms with van der Waals surface area (Å²) in [6.45, 7) is 5.92. The van der Waals surface area contributed by atoms with Crippen molar-refractivity contribution in [3.8, 4) is 0 Å². The average Bonchev–Trinajstić information content (AvgIpc) is 2.87. The molecular formula is C20H21Cl2N3O. The van der Waals surface area contributed by atoms with Crippen LogP contribution in [0.3, 0.4) is 0 Å². The Bertz CT molecular complexity index is 877. The molecule has 1 fully saturated rings. The third-order valence-corrected chi connectivity index (χ3v) is 6.13. The molecule has 1 unspecified atom stereocenters. The lowest BCUT2D eigenvalue weighted by atomic mass is 9.77. The van der Waals surface area contributed by atoms with Crippen LogP contribution in [0.2, 0.25) is 10.0 Å². The van der Waals surface area contributed by atoms with Gasteiger partial charge in [-0.05, 0) is 55.4 Å². The fraction of sp³-hybridized carbons (Fsp3) is 0.350. The third kappa shape index (κ3) is 2.77. The van der Waals surface area contributed by atoms with E-state index < -0.39 is 5.41 Å². The molecule has 4 rings (SSSR count). The second-order valence-electron chi connectivity index (χ2n) is 7.22. The number of halogens is 2. The van der Waals surface area contributed by atoms with Crippen LogP contribution in [0.1, 0.15) is 18.1 Å². The van der Waals surface area contributed by atoms with Gasteiger partial charge in [0.1, 0.15) is 0 Å². The van der Waals surface area contributed by atoms with E-state index >= 15 is 0 Å². The first-order valence-corrected chi connectivity index (χ1v) is 9.50. The Morgan fingerprint density at radius 2 is 1.73 bits per heavy atom. The Morgan fingerprint density at radius 1 is 1.00 bits per heavy atom. The van der Waals surface area contributed by atoms with Gasteiger partial charge in [-0.3, -0.25) is 4.79 Å². The number of hydrogen-bond donors (Lipinski definition) is 1. The highest BCUT2D eigenvalue weighted by Crippen LogP contribution is 2.46. The van der Waals surface area contributed by atoms with Crippen molar-refractivity contribution >= 4 is 40.5 Å². The monoisotopic (exact) mass is 389 g/mol. The summed E-state index contributed by atoms with van der Waals surface area (Å²) in [5, 5.41) is 4.16. The topological polar surface area (TPSA) is 35.6 Å². The maximum absolute atomic E-state index is 12.8. The third-order valence-electron chi connectivity index (χ3n) is 5.58. The number of fused-ring (bicyclic) bond motifs is 1. The van der Waals surface area contributed by atoms with Gasteiger partial charge in [0.25, 0.3) is 0 Å². The molecule has 6 heteroatoms. The first kappa shape index (κ1) is 17.7. The quantitative estimate of drug-likeness (QED) is 0.842. The van der Waals surface area contributed by atoms with Crippen LogP contribution in [-0.2, 0) is 10.2 Å². The SMILES string of the molecule is CN1CCN(c2ccc(C3(C)C(=O)Nc4ccc(Cl)cc43)c(Cl)c2)CC1. The second-order valence-corrected chi connectivity index (χ2v) is 8.07. The highest BCUT2D eigenvalue weighted by Gasteiger charge is 2.45. The average molecular weight is 390 g/mol. The van der Waals surface area contributed by atoms with Gasteiger partial charge in [0.15, 0.2) is 0 Å². The molecule has 0 saturated carbocycles. The van der Waals surface area contributed by atoms with Gasteiger partial charge in [-0.15, -0.1) is 0 Å². The van der Waals surface area contributed by atoms with Gasteiger partial charge in [0.05, 0.1) is 5.41 Å². The molecule has 2 aromatic rings. The molecule has 0 radical (unpaired) electrons. The lowest BCUT2D eigenvalue weighted by Crippen LogP contribution is -2.44.